The Hall–Kier alpha value is 0.0923. The third-order valence-electron chi connectivity index (χ3n) is 1.00. The molecule has 0 rings (SSSR count). The van der Waals surface area contributed by atoms with Crippen LogP contribution in [0.15, 0.2) is 0 Å². The number of aliphatic carboxylic acids is 1. The molecule has 3 N–H and O–H groups in total. The summed E-state index contributed by atoms with van der Waals surface area (Å²) in [6.45, 7) is 3.55. The van der Waals surface area contributed by atoms with Crippen LogP contribution in [0.4, 0.5) is 0 Å². The van der Waals surface area contributed by atoms with Crippen LogP contribution in [-0.2, 0) is 25.2 Å². The summed E-state index contributed by atoms with van der Waals surface area (Å²) < 4.78 is 0. The Labute approximate surface area is 68.3 Å². The van der Waals surface area contributed by atoms with Gasteiger partial charge in [-0.3, -0.25) is 4.79 Å². The van der Waals surface area contributed by atoms with Crippen molar-refractivity contribution >= 4 is 5.97 Å². The second-order valence-electron chi connectivity index (χ2n) is 2.11. The molecular formula is C5H11NO2Pd. The smallest absolute Gasteiger partial charge is 0.320 e. The Bertz CT molecular complexity index is 95.0. The van der Waals surface area contributed by atoms with Gasteiger partial charge in [0, 0.05) is 20.4 Å². The molecule has 4 heteroatoms. The fraction of sp³-hybridized carbons (Fsp3) is 0.800. The summed E-state index contributed by atoms with van der Waals surface area (Å²) in [5.41, 5.74) is 5.16. The van der Waals surface area contributed by atoms with E-state index >= 15 is 0 Å². The van der Waals surface area contributed by atoms with E-state index in [0.717, 1.165) is 0 Å². The van der Waals surface area contributed by atoms with Gasteiger partial charge in [-0.05, 0) is 5.92 Å². The predicted molar refractivity (Wildman–Crippen MR) is 30.4 cm³/mol. The zero-order valence-electron chi connectivity index (χ0n) is 5.40. The number of hydrogen-bond acceptors (Lipinski definition) is 2. The molecule has 0 unspecified atom stereocenters. The van der Waals surface area contributed by atoms with E-state index in [4.69, 9.17) is 10.8 Å². The van der Waals surface area contributed by atoms with Crippen molar-refractivity contribution < 1.29 is 30.3 Å². The fourth-order valence-corrected chi connectivity index (χ4v) is 0.285. The maximum absolute atomic E-state index is 10.0. The molecule has 58 valence electrons. The average Bonchev–Trinajstić information content (AvgIpc) is 1.64. The van der Waals surface area contributed by atoms with Crippen LogP contribution in [-0.4, -0.2) is 17.1 Å². The zero-order valence-corrected chi connectivity index (χ0v) is 6.96. The van der Waals surface area contributed by atoms with Gasteiger partial charge in [0.2, 0.25) is 0 Å². The summed E-state index contributed by atoms with van der Waals surface area (Å²) >= 11 is 0. The van der Waals surface area contributed by atoms with Gasteiger partial charge in [-0.15, -0.1) is 0 Å². The molecule has 0 spiro atoms. The molecule has 9 heavy (non-hydrogen) atoms. The van der Waals surface area contributed by atoms with Crippen molar-refractivity contribution in [3.05, 3.63) is 0 Å². The Balaban J connectivity index is 0. The molecule has 0 saturated carbocycles. The molecule has 0 aromatic carbocycles. The van der Waals surface area contributed by atoms with E-state index in [1.807, 2.05) is 0 Å². The third kappa shape index (κ3) is 4.59. The second-order valence-corrected chi connectivity index (χ2v) is 2.11. The number of hydrogen-bond donors (Lipinski definition) is 2. The first kappa shape index (κ1) is 11.8. The van der Waals surface area contributed by atoms with E-state index in [1.54, 1.807) is 13.8 Å². The average molecular weight is 224 g/mol. The first-order valence-corrected chi connectivity index (χ1v) is 2.54. The van der Waals surface area contributed by atoms with E-state index in [-0.39, 0.29) is 26.3 Å². The van der Waals surface area contributed by atoms with Gasteiger partial charge >= 0.3 is 5.97 Å². The molecule has 0 amide bonds. The normalized spacial score (nSPS) is 12.4. The SMILES string of the molecule is CC(C)[C@H](N)C(=O)O.[Pd]. The quantitative estimate of drug-likeness (QED) is 0.651. The zero-order chi connectivity index (χ0) is 6.73. The van der Waals surface area contributed by atoms with E-state index < -0.39 is 12.0 Å². The summed E-state index contributed by atoms with van der Waals surface area (Å²) in [6.07, 6.45) is 0. The van der Waals surface area contributed by atoms with Crippen molar-refractivity contribution in [2.75, 3.05) is 0 Å². The number of carboxylic acid groups (broad SMARTS) is 1. The van der Waals surface area contributed by atoms with Gasteiger partial charge in [0.05, 0.1) is 0 Å². The maximum atomic E-state index is 10.0. The number of nitrogens with two attached hydrogens (primary N) is 1. The summed E-state index contributed by atoms with van der Waals surface area (Å²) in [6, 6.07) is -0.713. The van der Waals surface area contributed by atoms with Gasteiger partial charge in [0.15, 0.2) is 0 Å². The van der Waals surface area contributed by atoms with Crippen LogP contribution < -0.4 is 5.73 Å². The van der Waals surface area contributed by atoms with Crippen LogP contribution in [0.1, 0.15) is 13.8 Å². The van der Waals surface area contributed by atoms with Crippen molar-refractivity contribution in [1.29, 1.82) is 0 Å². The summed E-state index contributed by atoms with van der Waals surface area (Å²) in [4.78, 5) is 10.0. The topological polar surface area (TPSA) is 63.3 Å². The molecule has 0 aromatic rings. The number of rotatable bonds is 2. The van der Waals surface area contributed by atoms with Crippen LogP contribution in [0.5, 0.6) is 0 Å². The van der Waals surface area contributed by atoms with E-state index in [0.29, 0.717) is 0 Å². The van der Waals surface area contributed by atoms with Crippen LogP contribution in [0.3, 0.4) is 0 Å². The predicted octanol–water partition coefficient (Wildman–Crippen LogP) is 0.0518. The molecule has 0 fully saturated rings. The van der Waals surface area contributed by atoms with Crippen molar-refractivity contribution in [3.8, 4) is 0 Å². The minimum Gasteiger partial charge on any atom is -0.480 e. The molecule has 0 aliphatic heterocycles. The van der Waals surface area contributed by atoms with Crippen molar-refractivity contribution in [1.82, 2.24) is 0 Å². The third-order valence-corrected chi connectivity index (χ3v) is 1.00. The molecule has 0 radical (unpaired) electrons. The summed E-state index contributed by atoms with van der Waals surface area (Å²) in [5, 5.41) is 8.23. The van der Waals surface area contributed by atoms with Crippen LogP contribution in [0, 0.1) is 5.92 Å². The monoisotopic (exact) mass is 223 g/mol. The van der Waals surface area contributed by atoms with Gasteiger partial charge < -0.3 is 10.8 Å². The van der Waals surface area contributed by atoms with E-state index in [2.05, 4.69) is 0 Å². The standard InChI is InChI=1S/C5H11NO2.Pd/c1-3(2)4(6)5(7)8;/h3-4H,6H2,1-2H3,(H,7,8);/t4-;/m0./s1. The Morgan fingerprint density at radius 3 is 1.89 bits per heavy atom. The van der Waals surface area contributed by atoms with Gasteiger partial charge in [-0.25, -0.2) is 0 Å². The number of carboxylic acids is 1. The van der Waals surface area contributed by atoms with Gasteiger partial charge in [0.1, 0.15) is 6.04 Å². The molecule has 3 nitrogen and oxygen atoms in total. The molecule has 1 atom stereocenters. The van der Waals surface area contributed by atoms with Crippen molar-refractivity contribution in [2.45, 2.75) is 19.9 Å². The van der Waals surface area contributed by atoms with Gasteiger partial charge in [-0.2, -0.15) is 0 Å². The van der Waals surface area contributed by atoms with E-state index in [9.17, 15) is 4.79 Å². The second kappa shape index (κ2) is 4.92. The molecule has 0 aliphatic rings. The van der Waals surface area contributed by atoms with Crippen LogP contribution in [0.25, 0.3) is 0 Å². The van der Waals surface area contributed by atoms with Crippen molar-refractivity contribution in [3.63, 3.8) is 0 Å². The molecular weight excluding hydrogens is 212 g/mol. The van der Waals surface area contributed by atoms with E-state index in [1.165, 1.54) is 0 Å². The first-order valence-electron chi connectivity index (χ1n) is 2.54. The molecule has 0 saturated heterocycles. The van der Waals surface area contributed by atoms with Gasteiger partial charge in [-0.1, -0.05) is 13.8 Å². The summed E-state index contributed by atoms with van der Waals surface area (Å²) in [5.74, 6) is -0.910. The fourth-order valence-electron chi connectivity index (χ4n) is 0.285. The maximum Gasteiger partial charge on any atom is 0.320 e. The first-order chi connectivity index (χ1) is 3.55. The molecule has 0 bridgehead atoms. The summed E-state index contributed by atoms with van der Waals surface area (Å²) in [7, 11) is 0. The Morgan fingerprint density at radius 1 is 1.56 bits per heavy atom. The van der Waals surface area contributed by atoms with Crippen LogP contribution in [0.2, 0.25) is 0 Å². The minimum atomic E-state index is -0.931. The largest absolute Gasteiger partial charge is 0.480 e. The minimum absolute atomic E-state index is 0. The van der Waals surface area contributed by atoms with Gasteiger partial charge in [0.25, 0.3) is 0 Å². The molecule has 0 aromatic heterocycles. The number of carbonyl (C=O) groups is 1. The molecule has 0 heterocycles. The Morgan fingerprint density at radius 2 is 1.89 bits per heavy atom. The van der Waals surface area contributed by atoms with Crippen LogP contribution >= 0.6 is 0 Å². The molecule has 0 aliphatic carbocycles. The van der Waals surface area contributed by atoms with Crippen molar-refractivity contribution in [2.24, 2.45) is 11.7 Å². The Kier molecular flexibility index (Phi) is 6.48.